The fraction of sp³-hybridized carbons (Fsp3) is 1.00. The summed E-state index contributed by atoms with van der Waals surface area (Å²) in [4.78, 5) is 0. The van der Waals surface area contributed by atoms with Gasteiger partial charge in [-0.3, -0.25) is 0 Å². The van der Waals surface area contributed by atoms with Crippen molar-refractivity contribution in [2.24, 2.45) is 5.73 Å². The zero-order chi connectivity index (χ0) is 7.12. The van der Waals surface area contributed by atoms with Crippen molar-refractivity contribution < 1.29 is 12.6 Å². The van der Waals surface area contributed by atoms with E-state index in [4.69, 9.17) is 5.73 Å². The van der Waals surface area contributed by atoms with Crippen molar-refractivity contribution in [2.45, 2.75) is 4.27 Å². The highest BCUT2D eigenvalue weighted by Crippen LogP contribution is 2.47. The Bertz CT molecular complexity index is 197. The van der Waals surface area contributed by atoms with Gasteiger partial charge >= 0.3 is 9.15 Å². The van der Waals surface area contributed by atoms with Crippen LogP contribution >= 0.6 is 23.4 Å². The van der Waals surface area contributed by atoms with Crippen LogP contribution in [0.4, 0.5) is 0 Å². The molecule has 1 aliphatic rings. The van der Waals surface area contributed by atoms with Gasteiger partial charge in [0, 0.05) is 17.3 Å². The highest BCUT2D eigenvalue weighted by Gasteiger charge is 2.48. The van der Waals surface area contributed by atoms with Gasteiger partial charge in [0.2, 0.25) is 4.27 Å². The summed E-state index contributed by atoms with van der Waals surface area (Å²) in [6, 6.07) is 0. The van der Waals surface area contributed by atoms with E-state index in [1.807, 2.05) is 0 Å². The highest BCUT2D eigenvalue weighted by atomic mass is 33.2. The Hall–Kier alpha value is 0.570. The molecule has 0 aliphatic carbocycles. The Morgan fingerprint density at radius 3 is 2.33 bits per heavy atom. The summed E-state index contributed by atoms with van der Waals surface area (Å²) < 4.78 is 23.9. The minimum Gasteiger partial charge on any atom is -0.326 e. The van der Waals surface area contributed by atoms with Gasteiger partial charge in [-0.1, -0.05) is 0 Å². The molecule has 1 fully saturated rings. The highest BCUT2D eigenvalue weighted by molar-refractivity contribution is 8.74. The SMILES string of the molecule is NCC1(S)OS(=O)(=O)S1. The predicted molar refractivity (Wildman–Crippen MR) is 38.4 cm³/mol. The van der Waals surface area contributed by atoms with Crippen LogP contribution in [0, 0.1) is 0 Å². The zero-order valence-electron chi connectivity index (χ0n) is 4.27. The first-order chi connectivity index (χ1) is 3.97. The van der Waals surface area contributed by atoms with Crippen LogP contribution in [0.3, 0.4) is 0 Å². The smallest absolute Gasteiger partial charge is 0.326 e. The van der Waals surface area contributed by atoms with Crippen molar-refractivity contribution >= 4 is 32.6 Å². The number of rotatable bonds is 1. The quantitative estimate of drug-likeness (QED) is 0.429. The van der Waals surface area contributed by atoms with Gasteiger partial charge in [0.15, 0.2) is 0 Å². The van der Waals surface area contributed by atoms with Crippen LogP contribution in [0.5, 0.6) is 0 Å². The predicted octanol–water partition coefficient (Wildman–Crippen LogP) is -0.463. The van der Waals surface area contributed by atoms with Crippen LogP contribution in [-0.2, 0) is 13.3 Å². The van der Waals surface area contributed by atoms with Gasteiger partial charge in [0.25, 0.3) is 0 Å². The van der Waals surface area contributed by atoms with Gasteiger partial charge in [-0.05, 0) is 0 Å². The molecule has 2 N–H and O–H groups in total. The second kappa shape index (κ2) is 2.03. The van der Waals surface area contributed by atoms with Crippen molar-refractivity contribution in [1.82, 2.24) is 0 Å². The average Bonchev–Trinajstić information content (AvgIpc) is 1.61. The molecule has 1 unspecified atom stereocenters. The molecular weight excluding hydrogens is 182 g/mol. The first-order valence-electron chi connectivity index (χ1n) is 2.06. The molecule has 54 valence electrons. The average molecular weight is 187 g/mol. The van der Waals surface area contributed by atoms with Crippen molar-refractivity contribution in [2.75, 3.05) is 6.54 Å². The number of hydrogen-bond acceptors (Lipinski definition) is 6. The van der Waals surface area contributed by atoms with E-state index in [-0.39, 0.29) is 6.54 Å². The summed E-state index contributed by atoms with van der Waals surface area (Å²) in [5.41, 5.74) is 5.10. The molecule has 0 aromatic carbocycles. The van der Waals surface area contributed by atoms with Gasteiger partial charge in [-0.15, -0.1) is 12.6 Å². The molecule has 0 radical (unpaired) electrons. The molecule has 1 saturated heterocycles. The summed E-state index contributed by atoms with van der Waals surface area (Å²) in [5, 5.41) is 0. The third-order valence-electron chi connectivity index (χ3n) is 0.723. The van der Waals surface area contributed by atoms with E-state index in [1.54, 1.807) is 0 Å². The van der Waals surface area contributed by atoms with Gasteiger partial charge in [-0.2, -0.15) is 8.42 Å². The minimum atomic E-state index is -3.34. The first-order valence-corrected chi connectivity index (χ1v) is 5.25. The lowest BCUT2D eigenvalue weighted by Crippen LogP contribution is -2.42. The summed E-state index contributed by atoms with van der Waals surface area (Å²) in [6.07, 6.45) is 0. The molecule has 0 saturated carbocycles. The molecule has 0 aromatic rings. The maximum absolute atomic E-state index is 10.3. The van der Waals surface area contributed by atoms with E-state index >= 15 is 0 Å². The summed E-state index contributed by atoms with van der Waals surface area (Å²) >= 11 is 3.82. The Kier molecular flexibility index (Phi) is 1.73. The van der Waals surface area contributed by atoms with Gasteiger partial charge in [0.1, 0.15) is 0 Å². The van der Waals surface area contributed by atoms with Crippen LogP contribution in [0.25, 0.3) is 0 Å². The fourth-order valence-corrected chi connectivity index (χ4v) is 4.14. The Labute approximate surface area is 62.1 Å². The van der Waals surface area contributed by atoms with Crippen LogP contribution < -0.4 is 5.73 Å². The molecule has 1 heterocycles. The molecule has 4 nitrogen and oxygen atoms in total. The lowest BCUT2D eigenvalue weighted by Gasteiger charge is -2.32. The van der Waals surface area contributed by atoms with Crippen LogP contribution in [0.15, 0.2) is 0 Å². The lowest BCUT2D eigenvalue weighted by molar-refractivity contribution is 0.263. The molecule has 0 spiro atoms. The number of nitrogens with two attached hydrogens (primary N) is 1. The molecule has 0 amide bonds. The van der Waals surface area contributed by atoms with Crippen molar-refractivity contribution in [3.8, 4) is 0 Å². The molecule has 9 heavy (non-hydrogen) atoms. The standard InChI is InChI=1S/C2H5NO3S3/c3-1-2(7)6-9(4,5)8-2/h7H,1,3H2. The molecule has 1 atom stereocenters. The van der Waals surface area contributed by atoms with Crippen molar-refractivity contribution in [3.63, 3.8) is 0 Å². The molecule has 1 aliphatic heterocycles. The molecular formula is C2H5NO3S3. The number of thiol groups is 1. The van der Waals surface area contributed by atoms with Crippen LogP contribution in [0.2, 0.25) is 0 Å². The van der Waals surface area contributed by atoms with E-state index in [1.165, 1.54) is 0 Å². The molecule has 0 bridgehead atoms. The normalized spacial score (nSPS) is 39.8. The van der Waals surface area contributed by atoms with E-state index in [0.717, 1.165) is 0 Å². The van der Waals surface area contributed by atoms with E-state index < -0.39 is 13.4 Å². The zero-order valence-corrected chi connectivity index (χ0v) is 6.80. The maximum Gasteiger partial charge on any atom is 0.328 e. The van der Waals surface area contributed by atoms with E-state index in [2.05, 4.69) is 16.8 Å². The monoisotopic (exact) mass is 187 g/mol. The van der Waals surface area contributed by atoms with Crippen molar-refractivity contribution in [3.05, 3.63) is 0 Å². The van der Waals surface area contributed by atoms with E-state index in [0.29, 0.717) is 10.8 Å². The second-order valence-corrected chi connectivity index (χ2v) is 6.05. The maximum atomic E-state index is 10.3. The summed E-state index contributed by atoms with van der Waals surface area (Å²) in [7, 11) is -2.72. The Morgan fingerprint density at radius 1 is 1.78 bits per heavy atom. The van der Waals surface area contributed by atoms with Gasteiger partial charge < -0.3 is 5.73 Å². The third-order valence-corrected chi connectivity index (χ3v) is 4.70. The minimum absolute atomic E-state index is 0.0833. The summed E-state index contributed by atoms with van der Waals surface area (Å²) in [6.45, 7) is 0.0833. The third kappa shape index (κ3) is 1.53. The second-order valence-electron chi connectivity index (χ2n) is 1.49. The molecule has 1 rings (SSSR count). The van der Waals surface area contributed by atoms with Gasteiger partial charge in [-0.25, -0.2) is 4.18 Å². The Balaban J connectivity index is 2.61. The molecule has 7 heteroatoms. The fourth-order valence-electron chi connectivity index (χ4n) is 0.393. The lowest BCUT2D eigenvalue weighted by atomic mass is 10.7. The topological polar surface area (TPSA) is 69.4 Å². The van der Waals surface area contributed by atoms with Crippen LogP contribution in [0.1, 0.15) is 0 Å². The largest absolute Gasteiger partial charge is 0.328 e. The van der Waals surface area contributed by atoms with E-state index in [9.17, 15) is 8.42 Å². The number of hydrogen-bond donors (Lipinski definition) is 2. The van der Waals surface area contributed by atoms with Crippen molar-refractivity contribution in [1.29, 1.82) is 0 Å². The van der Waals surface area contributed by atoms with Gasteiger partial charge in [0.05, 0.1) is 0 Å². The molecule has 0 aromatic heterocycles. The summed E-state index contributed by atoms with van der Waals surface area (Å²) in [5.74, 6) is 0. The first kappa shape index (κ1) is 7.67. The van der Waals surface area contributed by atoms with Crippen LogP contribution in [-0.4, -0.2) is 19.2 Å². The Morgan fingerprint density at radius 2 is 2.22 bits per heavy atom.